The lowest BCUT2D eigenvalue weighted by Gasteiger charge is -2.07. The summed E-state index contributed by atoms with van der Waals surface area (Å²) in [7, 11) is 0. The van der Waals surface area contributed by atoms with E-state index in [1.807, 2.05) is 61.5 Å². The van der Waals surface area contributed by atoms with E-state index in [0.717, 1.165) is 22.3 Å². The normalized spacial score (nSPS) is 10.3. The van der Waals surface area contributed by atoms with Crippen LogP contribution in [0.5, 0.6) is 22.4 Å². The van der Waals surface area contributed by atoms with Gasteiger partial charge in [0.25, 0.3) is 5.19 Å². The monoisotopic (exact) mass is 328 g/mol. The number of hydrogen-bond acceptors (Lipinski definition) is 6. The lowest BCUT2D eigenvalue weighted by Crippen LogP contribution is -1.94. The molecule has 1 heterocycles. The third kappa shape index (κ3) is 4.43. The molecule has 0 bridgehead atoms. The Balaban J connectivity index is 1.54. The van der Waals surface area contributed by atoms with Crippen LogP contribution in [0.15, 0.2) is 54.6 Å². The third-order valence-electron chi connectivity index (χ3n) is 2.88. The standard InChI is InChI=1S/C17H16N2O3S/c1-2-20-17-19-18-16(23-17)12-21-13-8-10-15(11-9-13)22-14-6-4-3-5-7-14/h3-11H,2,12H2,1H3. The predicted octanol–water partition coefficient (Wildman–Crippen LogP) is 4.31. The van der Waals surface area contributed by atoms with Crippen LogP contribution in [0.3, 0.4) is 0 Å². The van der Waals surface area contributed by atoms with Crippen LogP contribution < -0.4 is 14.2 Å². The summed E-state index contributed by atoms with van der Waals surface area (Å²) in [6.45, 7) is 2.86. The average molecular weight is 328 g/mol. The highest BCUT2D eigenvalue weighted by Gasteiger charge is 2.05. The van der Waals surface area contributed by atoms with Gasteiger partial charge in [-0.2, -0.15) is 0 Å². The van der Waals surface area contributed by atoms with Crippen molar-refractivity contribution in [3.05, 3.63) is 59.6 Å². The summed E-state index contributed by atoms with van der Waals surface area (Å²) >= 11 is 1.39. The highest BCUT2D eigenvalue weighted by atomic mass is 32.1. The molecule has 1 aromatic heterocycles. The molecule has 0 aliphatic rings. The molecule has 2 aromatic carbocycles. The molecule has 23 heavy (non-hydrogen) atoms. The Labute approximate surface area is 138 Å². The minimum Gasteiger partial charge on any atom is -0.486 e. The van der Waals surface area contributed by atoms with E-state index in [1.165, 1.54) is 11.3 Å². The number of para-hydroxylation sites is 1. The summed E-state index contributed by atoms with van der Waals surface area (Å²) in [5.41, 5.74) is 0. The molecule has 0 N–H and O–H groups in total. The van der Waals surface area contributed by atoms with E-state index < -0.39 is 0 Å². The van der Waals surface area contributed by atoms with Crippen LogP contribution >= 0.6 is 11.3 Å². The van der Waals surface area contributed by atoms with Gasteiger partial charge >= 0.3 is 0 Å². The van der Waals surface area contributed by atoms with E-state index in [4.69, 9.17) is 14.2 Å². The topological polar surface area (TPSA) is 53.5 Å². The van der Waals surface area contributed by atoms with Crippen LogP contribution in [0.25, 0.3) is 0 Å². The lowest BCUT2D eigenvalue weighted by molar-refractivity contribution is 0.303. The number of aromatic nitrogens is 2. The Morgan fingerprint density at radius 3 is 2.26 bits per heavy atom. The largest absolute Gasteiger partial charge is 0.486 e. The molecule has 118 valence electrons. The SMILES string of the molecule is CCOc1nnc(COc2ccc(Oc3ccccc3)cc2)s1. The van der Waals surface area contributed by atoms with Crippen LogP contribution in [0, 0.1) is 0 Å². The molecule has 0 unspecified atom stereocenters. The molecule has 0 saturated heterocycles. The maximum Gasteiger partial charge on any atom is 0.294 e. The zero-order chi connectivity index (χ0) is 15.9. The van der Waals surface area contributed by atoms with Gasteiger partial charge < -0.3 is 14.2 Å². The van der Waals surface area contributed by atoms with Crippen molar-refractivity contribution in [1.29, 1.82) is 0 Å². The second kappa shape index (κ2) is 7.60. The van der Waals surface area contributed by atoms with Gasteiger partial charge in [-0.3, -0.25) is 0 Å². The van der Waals surface area contributed by atoms with Crippen LogP contribution in [0.2, 0.25) is 0 Å². The Hall–Kier alpha value is -2.60. The van der Waals surface area contributed by atoms with Crippen molar-refractivity contribution in [2.24, 2.45) is 0 Å². The Kier molecular flexibility index (Phi) is 5.06. The first-order valence-electron chi connectivity index (χ1n) is 7.24. The van der Waals surface area contributed by atoms with Crippen molar-refractivity contribution in [2.75, 3.05) is 6.61 Å². The summed E-state index contributed by atoms with van der Waals surface area (Å²) in [6, 6.07) is 17.1. The first-order valence-corrected chi connectivity index (χ1v) is 8.06. The molecular weight excluding hydrogens is 312 g/mol. The molecule has 5 nitrogen and oxygen atoms in total. The van der Waals surface area contributed by atoms with E-state index in [2.05, 4.69) is 10.2 Å². The smallest absolute Gasteiger partial charge is 0.294 e. The van der Waals surface area contributed by atoms with E-state index in [9.17, 15) is 0 Å². The second-order valence-electron chi connectivity index (χ2n) is 4.57. The first-order chi connectivity index (χ1) is 11.3. The van der Waals surface area contributed by atoms with Crippen molar-refractivity contribution < 1.29 is 14.2 Å². The van der Waals surface area contributed by atoms with Crippen molar-refractivity contribution in [1.82, 2.24) is 10.2 Å². The van der Waals surface area contributed by atoms with Crippen LogP contribution in [0.1, 0.15) is 11.9 Å². The van der Waals surface area contributed by atoms with Crippen molar-refractivity contribution in [3.63, 3.8) is 0 Å². The highest BCUT2D eigenvalue weighted by molar-refractivity contribution is 7.13. The minimum atomic E-state index is 0.365. The van der Waals surface area contributed by atoms with Gasteiger partial charge in [0.2, 0.25) is 0 Å². The maximum atomic E-state index is 5.73. The predicted molar refractivity (Wildman–Crippen MR) is 88.4 cm³/mol. The summed E-state index contributed by atoms with van der Waals surface area (Å²) < 4.78 is 16.7. The van der Waals surface area contributed by atoms with E-state index in [-0.39, 0.29) is 0 Å². The molecule has 0 aliphatic heterocycles. The zero-order valence-corrected chi connectivity index (χ0v) is 13.5. The first kappa shape index (κ1) is 15.3. The highest BCUT2D eigenvalue weighted by Crippen LogP contribution is 2.24. The summed E-state index contributed by atoms with van der Waals surface area (Å²) in [5, 5.41) is 9.29. The molecule has 3 aromatic rings. The number of benzene rings is 2. The van der Waals surface area contributed by atoms with Crippen molar-refractivity contribution in [2.45, 2.75) is 13.5 Å². The summed E-state index contributed by atoms with van der Waals surface area (Å²) in [5.74, 6) is 2.31. The average Bonchev–Trinajstić information content (AvgIpc) is 3.03. The molecule has 0 atom stereocenters. The van der Waals surface area contributed by atoms with E-state index >= 15 is 0 Å². The molecule has 0 radical (unpaired) electrons. The van der Waals surface area contributed by atoms with Gasteiger partial charge in [0.05, 0.1) is 6.61 Å². The van der Waals surface area contributed by atoms with Gasteiger partial charge in [0, 0.05) is 0 Å². The van der Waals surface area contributed by atoms with Gasteiger partial charge in [-0.25, -0.2) is 0 Å². The number of ether oxygens (including phenoxy) is 3. The fraction of sp³-hybridized carbons (Fsp3) is 0.176. The number of nitrogens with zero attached hydrogens (tertiary/aromatic N) is 2. The van der Waals surface area contributed by atoms with Crippen LogP contribution in [-0.2, 0) is 6.61 Å². The number of hydrogen-bond donors (Lipinski definition) is 0. The summed E-state index contributed by atoms with van der Waals surface area (Å²) in [6.07, 6.45) is 0. The Bertz CT molecular complexity index is 729. The molecule has 0 spiro atoms. The zero-order valence-electron chi connectivity index (χ0n) is 12.6. The van der Waals surface area contributed by atoms with Gasteiger partial charge in [0.1, 0.15) is 23.9 Å². The quantitative estimate of drug-likeness (QED) is 0.647. The molecule has 0 aliphatic carbocycles. The lowest BCUT2D eigenvalue weighted by atomic mass is 10.3. The van der Waals surface area contributed by atoms with Gasteiger partial charge in [-0.05, 0) is 43.3 Å². The molecule has 6 heteroatoms. The Morgan fingerprint density at radius 1 is 0.826 bits per heavy atom. The van der Waals surface area contributed by atoms with Gasteiger partial charge in [-0.15, -0.1) is 5.10 Å². The Morgan fingerprint density at radius 2 is 1.52 bits per heavy atom. The third-order valence-corrected chi connectivity index (χ3v) is 3.69. The van der Waals surface area contributed by atoms with Gasteiger partial charge in [-0.1, -0.05) is 34.6 Å². The maximum absolute atomic E-state index is 5.73. The minimum absolute atomic E-state index is 0.365. The van der Waals surface area contributed by atoms with Gasteiger partial charge in [0.15, 0.2) is 5.01 Å². The number of rotatable bonds is 7. The van der Waals surface area contributed by atoms with Crippen LogP contribution in [0.4, 0.5) is 0 Å². The second-order valence-corrected chi connectivity index (χ2v) is 5.59. The van der Waals surface area contributed by atoms with Crippen molar-refractivity contribution in [3.8, 4) is 22.4 Å². The summed E-state index contributed by atoms with van der Waals surface area (Å²) in [4.78, 5) is 0. The fourth-order valence-electron chi connectivity index (χ4n) is 1.85. The van der Waals surface area contributed by atoms with Crippen molar-refractivity contribution >= 4 is 11.3 Å². The molecule has 0 amide bonds. The molecule has 3 rings (SSSR count). The van der Waals surface area contributed by atoms with E-state index in [1.54, 1.807) is 0 Å². The molecular formula is C17H16N2O3S. The molecule has 0 saturated carbocycles. The van der Waals surface area contributed by atoms with Crippen LogP contribution in [-0.4, -0.2) is 16.8 Å². The van der Waals surface area contributed by atoms with E-state index in [0.29, 0.717) is 18.4 Å². The fourth-order valence-corrected chi connectivity index (χ4v) is 2.51. The molecule has 0 fully saturated rings.